The van der Waals surface area contributed by atoms with Crippen LogP contribution in [0.3, 0.4) is 0 Å². The highest BCUT2D eigenvalue weighted by molar-refractivity contribution is 6.76. The predicted molar refractivity (Wildman–Crippen MR) is 164 cm³/mol. The summed E-state index contributed by atoms with van der Waals surface area (Å²) in [5.41, 5.74) is 15.2. The molecule has 0 fully saturated rings. The summed E-state index contributed by atoms with van der Waals surface area (Å²) in [5.74, 6) is -0.613. The molecule has 4 N–H and O–H groups in total. The average molecular weight is 597 g/mol. The Labute approximate surface area is 241 Å². The van der Waals surface area contributed by atoms with Crippen molar-refractivity contribution in [2.45, 2.75) is 88.5 Å². The van der Waals surface area contributed by atoms with Crippen LogP contribution in [0, 0.1) is 11.6 Å². The first kappa shape index (κ1) is 34.7. The van der Waals surface area contributed by atoms with Crippen LogP contribution < -0.4 is 11.5 Å². The molecule has 2 rings (SSSR count). The van der Waals surface area contributed by atoms with Gasteiger partial charge in [0.25, 0.3) is 0 Å². The molecule has 0 heterocycles. The SMILES string of the molecule is C[Si](C)(C)CCOCO[C@H]([C@@H](OCOCC[Si](C)(C)C)[C@H](N)Cc1ccc(F)cc1)[C@H](N)Cc1ccc(F)cc1. The quantitative estimate of drug-likeness (QED) is 0.121. The Bertz CT molecular complexity index is 890. The van der Waals surface area contributed by atoms with Gasteiger partial charge in [-0.15, -0.1) is 0 Å². The standard InChI is InChI=1S/C30H50F2N2O4Si2/c1-39(2,3)17-15-35-21-37-29(27(33)19-23-7-11-25(31)12-8-23)30(38-22-36-16-18-40(4,5)6)28(34)20-24-9-13-26(32)14-10-24/h7-14,27-30H,15-22,33-34H2,1-6H3/t27-,28-,29+,30+/m1/s1. The van der Waals surface area contributed by atoms with Crippen molar-refractivity contribution in [3.8, 4) is 0 Å². The van der Waals surface area contributed by atoms with Crippen LogP contribution in [0.2, 0.25) is 51.4 Å². The van der Waals surface area contributed by atoms with Gasteiger partial charge < -0.3 is 30.4 Å². The zero-order valence-electron chi connectivity index (χ0n) is 25.1. The summed E-state index contributed by atoms with van der Waals surface area (Å²) in [6.45, 7) is 15.0. The third kappa shape index (κ3) is 14.4. The van der Waals surface area contributed by atoms with Crippen molar-refractivity contribution in [2.75, 3.05) is 26.8 Å². The molecular weight excluding hydrogens is 547 g/mol. The van der Waals surface area contributed by atoms with E-state index in [-0.39, 0.29) is 25.2 Å². The Morgan fingerprint density at radius 1 is 0.600 bits per heavy atom. The highest BCUT2D eigenvalue weighted by Gasteiger charge is 2.34. The summed E-state index contributed by atoms with van der Waals surface area (Å²) in [6, 6.07) is 13.5. The monoisotopic (exact) mass is 596 g/mol. The van der Waals surface area contributed by atoms with Crippen molar-refractivity contribution in [3.05, 3.63) is 71.3 Å². The Balaban J connectivity index is 2.20. The van der Waals surface area contributed by atoms with E-state index in [9.17, 15) is 8.78 Å². The van der Waals surface area contributed by atoms with Crippen molar-refractivity contribution in [2.24, 2.45) is 11.5 Å². The first-order valence-electron chi connectivity index (χ1n) is 14.1. The molecule has 0 unspecified atom stereocenters. The Morgan fingerprint density at radius 2 is 0.925 bits per heavy atom. The number of rotatable bonds is 19. The second-order valence-electron chi connectivity index (χ2n) is 12.9. The predicted octanol–water partition coefficient (Wildman–Crippen LogP) is 5.80. The van der Waals surface area contributed by atoms with E-state index in [1.165, 1.54) is 24.3 Å². The van der Waals surface area contributed by atoms with Crippen LogP contribution in [0.15, 0.2) is 48.5 Å². The molecule has 10 heteroatoms. The highest BCUT2D eigenvalue weighted by Crippen LogP contribution is 2.19. The van der Waals surface area contributed by atoms with E-state index in [1.807, 2.05) is 0 Å². The van der Waals surface area contributed by atoms with E-state index in [0.29, 0.717) is 26.1 Å². The minimum Gasteiger partial charge on any atom is -0.356 e. The third-order valence-corrected chi connectivity index (χ3v) is 10.0. The van der Waals surface area contributed by atoms with Gasteiger partial charge in [0.1, 0.15) is 37.4 Å². The number of benzene rings is 2. The van der Waals surface area contributed by atoms with Gasteiger partial charge in [0, 0.05) is 41.4 Å². The lowest BCUT2D eigenvalue weighted by atomic mass is 9.92. The molecule has 0 saturated heterocycles. The normalized spacial score (nSPS) is 15.6. The van der Waals surface area contributed by atoms with E-state index in [4.69, 9.17) is 30.4 Å². The average Bonchev–Trinajstić information content (AvgIpc) is 2.85. The Kier molecular flexibility index (Phi) is 14.6. The molecule has 40 heavy (non-hydrogen) atoms. The minimum absolute atomic E-state index is 0.0475. The summed E-state index contributed by atoms with van der Waals surface area (Å²) in [6.07, 6.45) is -0.403. The molecule has 0 aliphatic carbocycles. The van der Waals surface area contributed by atoms with Gasteiger partial charge >= 0.3 is 0 Å². The van der Waals surface area contributed by atoms with E-state index in [1.54, 1.807) is 24.3 Å². The third-order valence-electron chi connectivity index (χ3n) is 6.62. The second-order valence-corrected chi connectivity index (χ2v) is 24.2. The molecule has 2 aromatic carbocycles. The second kappa shape index (κ2) is 16.8. The maximum atomic E-state index is 13.5. The van der Waals surface area contributed by atoms with Crippen molar-refractivity contribution in [1.29, 1.82) is 0 Å². The van der Waals surface area contributed by atoms with Gasteiger partial charge in [0.2, 0.25) is 0 Å². The molecular formula is C30H50F2N2O4Si2. The first-order chi connectivity index (χ1) is 18.7. The summed E-state index contributed by atoms with van der Waals surface area (Å²) in [5, 5.41) is 0. The fraction of sp³-hybridized carbons (Fsp3) is 0.600. The van der Waals surface area contributed by atoms with Crippen LogP contribution in [0.4, 0.5) is 8.78 Å². The molecule has 4 atom stereocenters. The lowest BCUT2D eigenvalue weighted by Crippen LogP contribution is -2.55. The van der Waals surface area contributed by atoms with E-state index in [2.05, 4.69) is 39.3 Å². The lowest BCUT2D eigenvalue weighted by molar-refractivity contribution is -0.176. The maximum Gasteiger partial charge on any atom is 0.147 e. The summed E-state index contributed by atoms with van der Waals surface area (Å²) < 4.78 is 51.2. The van der Waals surface area contributed by atoms with E-state index in [0.717, 1.165) is 23.2 Å². The Morgan fingerprint density at radius 3 is 1.23 bits per heavy atom. The van der Waals surface area contributed by atoms with Gasteiger partial charge in [-0.25, -0.2) is 8.78 Å². The molecule has 2 aromatic rings. The van der Waals surface area contributed by atoms with Crippen molar-refractivity contribution < 1.29 is 27.7 Å². The van der Waals surface area contributed by atoms with Crippen LogP contribution in [-0.4, -0.2) is 67.2 Å². The van der Waals surface area contributed by atoms with Crippen LogP contribution in [-0.2, 0) is 31.8 Å². The van der Waals surface area contributed by atoms with Crippen LogP contribution in [0.5, 0.6) is 0 Å². The smallest absolute Gasteiger partial charge is 0.147 e. The molecule has 0 amide bonds. The summed E-state index contributed by atoms with van der Waals surface area (Å²) >= 11 is 0. The van der Waals surface area contributed by atoms with Gasteiger partial charge in [-0.2, -0.15) is 0 Å². The topological polar surface area (TPSA) is 89.0 Å². The summed E-state index contributed by atoms with van der Waals surface area (Å²) in [4.78, 5) is 0. The lowest BCUT2D eigenvalue weighted by Gasteiger charge is -2.35. The van der Waals surface area contributed by atoms with Gasteiger partial charge in [0.15, 0.2) is 0 Å². The maximum absolute atomic E-state index is 13.5. The first-order valence-corrected chi connectivity index (χ1v) is 21.5. The summed E-state index contributed by atoms with van der Waals surface area (Å²) in [7, 11) is -2.52. The molecule has 226 valence electrons. The zero-order valence-corrected chi connectivity index (χ0v) is 27.1. The molecule has 0 aliphatic rings. The van der Waals surface area contributed by atoms with Gasteiger partial charge in [-0.05, 0) is 60.3 Å². The Hall–Kier alpha value is -1.51. The van der Waals surface area contributed by atoms with Crippen LogP contribution in [0.1, 0.15) is 11.1 Å². The van der Waals surface area contributed by atoms with Crippen molar-refractivity contribution >= 4 is 16.1 Å². The van der Waals surface area contributed by atoms with Crippen LogP contribution in [0.25, 0.3) is 0 Å². The zero-order chi connectivity index (χ0) is 29.8. The van der Waals surface area contributed by atoms with Gasteiger partial charge in [-0.1, -0.05) is 63.5 Å². The highest BCUT2D eigenvalue weighted by atomic mass is 28.3. The number of hydrogen-bond acceptors (Lipinski definition) is 6. The van der Waals surface area contributed by atoms with E-state index >= 15 is 0 Å². The fourth-order valence-corrected chi connectivity index (χ4v) is 5.58. The molecule has 0 aromatic heterocycles. The largest absolute Gasteiger partial charge is 0.356 e. The number of halogens is 2. The van der Waals surface area contributed by atoms with Crippen LogP contribution >= 0.6 is 0 Å². The number of ether oxygens (including phenoxy) is 4. The molecule has 0 spiro atoms. The fourth-order valence-electron chi connectivity index (χ4n) is 4.07. The van der Waals surface area contributed by atoms with Gasteiger partial charge in [-0.3, -0.25) is 0 Å². The van der Waals surface area contributed by atoms with Crippen molar-refractivity contribution in [3.63, 3.8) is 0 Å². The van der Waals surface area contributed by atoms with Gasteiger partial charge in [0.05, 0.1) is 0 Å². The minimum atomic E-state index is -1.26. The molecule has 0 saturated carbocycles. The van der Waals surface area contributed by atoms with E-state index < -0.39 is 40.4 Å². The molecule has 6 nitrogen and oxygen atoms in total. The van der Waals surface area contributed by atoms with Crippen molar-refractivity contribution in [1.82, 2.24) is 0 Å². The number of hydrogen-bond donors (Lipinski definition) is 2. The number of nitrogens with two attached hydrogens (primary N) is 2. The molecule has 0 bridgehead atoms. The molecule has 0 radical (unpaired) electrons. The molecule has 0 aliphatic heterocycles.